The number of benzene rings is 1. The zero-order valence-corrected chi connectivity index (χ0v) is 26.2. The van der Waals surface area contributed by atoms with E-state index in [1.807, 2.05) is 37.3 Å². The van der Waals surface area contributed by atoms with E-state index in [0.717, 1.165) is 18.7 Å². The van der Waals surface area contributed by atoms with Crippen molar-refractivity contribution in [3.63, 3.8) is 0 Å². The van der Waals surface area contributed by atoms with Crippen molar-refractivity contribution in [1.29, 1.82) is 0 Å². The highest BCUT2D eigenvalue weighted by molar-refractivity contribution is 5.99. The van der Waals surface area contributed by atoms with E-state index in [-0.39, 0.29) is 36.8 Å². The van der Waals surface area contributed by atoms with Crippen LogP contribution in [0.15, 0.2) is 55.6 Å². The molecule has 0 aliphatic carbocycles. The van der Waals surface area contributed by atoms with Crippen LogP contribution in [-0.2, 0) is 30.4 Å². The second-order valence-electron chi connectivity index (χ2n) is 12.8. The van der Waals surface area contributed by atoms with Crippen LogP contribution in [0.3, 0.4) is 0 Å². The van der Waals surface area contributed by atoms with Crippen molar-refractivity contribution in [3.8, 4) is 0 Å². The predicted octanol–water partition coefficient (Wildman–Crippen LogP) is 1.94. The van der Waals surface area contributed by atoms with E-state index >= 15 is 0 Å². The minimum absolute atomic E-state index is 0.0582. The van der Waals surface area contributed by atoms with Gasteiger partial charge >= 0.3 is 0 Å². The van der Waals surface area contributed by atoms with Crippen LogP contribution in [0.25, 0.3) is 0 Å². The summed E-state index contributed by atoms with van der Waals surface area (Å²) in [5.74, 6) is -2.19. The number of hydrogen-bond acceptors (Lipinski definition) is 7. The molecule has 10 nitrogen and oxygen atoms in total. The Bertz CT molecular complexity index is 1220. The van der Waals surface area contributed by atoms with Gasteiger partial charge in [-0.2, -0.15) is 0 Å². The Kier molecular flexibility index (Phi) is 9.94. The molecule has 1 aromatic carbocycles. The molecule has 4 heterocycles. The smallest absolute Gasteiger partial charge is 0.248 e. The molecule has 240 valence electrons. The van der Waals surface area contributed by atoms with Gasteiger partial charge in [-0.3, -0.25) is 19.3 Å². The van der Waals surface area contributed by atoms with E-state index in [1.165, 1.54) is 0 Å². The average Bonchev–Trinajstić information content (AvgIpc) is 3.54. The molecule has 4 saturated heterocycles. The summed E-state index contributed by atoms with van der Waals surface area (Å²) in [4.78, 5) is 51.0. The monoisotopic (exact) mass is 608 g/mol. The Morgan fingerprint density at radius 1 is 1.07 bits per heavy atom. The number of amides is 3. The number of morpholine rings is 1. The normalized spacial score (nSPS) is 31.2. The number of carbonyl (C=O) groups is 3. The number of likely N-dealkylation sites (tertiary alicyclic amines) is 1. The zero-order chi connectivity index (χ0) is 31.5. The van der Waals surface area contributed by atoms with E-state index in [2.05, 4.69) is 25.0 Å². The van der Waals surface area contributed by atoms with E-state index in [0.29, 0.717) is 58.8 Å². The van der Waals surface area contributed by atoms with E-state index in [4.69, 9.17) is 9.47 Å². The number of aliphatic hydroxyl groups is 1. The van der Waals surface area contributed by atoms with Gasteiger partial charge in [0.1, 0.15) is 11.6 Å². The molecule has 1 spiro atoms. The Labute approximate surface area is 261 Å². The summed E-state index contributed by atoms with van der Waals surface area (Å²) in [6.07, 6.45) is 4.24. The second-order valence-corrected chi connectivity index (χ2v) is 12.8. The Hall–Kier alpha value is -3.05. The number of fused-ring (bicyclic) bond motifs is 1. The van der Waals surface area contributed by atoms with E-state index in [9.17, 15) is 19.5 Å². The number of ether oxygens (including phenoxy) is 2. The molecule has 10 heteroatoms. The van der Waals surface area contributed by atoms with Crippen LogP contribution in [0.2, 0.25) is 0 Å². The minimum atomic E-state index is -1.14. The van der Waals surface area contributed by atoms with Crippen LogP contribution in [0.5, 0.6) is 0 Å². The maximum atomic E-state index is 14.6. The third-order valence-electron chi connectivity index (χ3n) is 10.2. The van der Waals surface area contributed by atoms with Crippen LogP contribution < -0.4 is 0 Å². The molecule has 44 heavy (non-hydrogen) atoms. The maximum Gasteiger partial charge on any atom is 0.248 e. The molecule has 3 unspecified atom stereocenters. The summed E-state index contributed by atoms with van der Waals surface area (Å²) in [7, 11) is 0. The number of rotatable bonds is 14. The topological polar surface area (TPSA) is 103 Å². The molecule has 2 bridgehead atoms. The van der Waals surface area contributed by atoms with Crippen LogP contribution in [0, 0.1) is 17.8 Å². The molecule has 0 saturated carbocycles. The summed E-state index contributed by atoms with van der Waals surface area (Å²) < 4.78 is 12.4. The standard InChI is InChI=1S/C34H48N4O6/c1-5-13-36(17-16-35-18-21-43-22-19-35)32(42)29-34-23-25(3)33(4,44-34)27(28(34)31(41)38(29)15-10-20-39)30(40)37(14-6-2)24-26-11-8-7-9-12-26/h5-9,11-12,25,27-29,39H,1-2,10,13-24H2,3-4H3/t25?,27-,28-,29?,33+,34?/m0/s1. The molecule has 1 aromatic rings. The molecule has 0 radical (unpaired) electrons. The molecular formula is C34H48N4O6. The Morgan fingerprint density at radius 2 is 1.75 bits per heavy atom. The average molecular weight is 609 g/mol. The van der Waals surface area contributed by atoms with E-state index in [1.54, 1.807) is 26.9 Å². The van der Waals surface area contributed by atoms with Gasteiger partial charge in [0, 0.05) is 59.0 Å². The first kappa shape index (κ1) is 32.3. The predicted molar refractivity (Wildman–Crippen MR) is 166 cm³/mol. The van der Waals surface area contributed by atoms with Crippen molar-refractivity contribution in [1.82, 2.24) is 19.6 Å². The molecule has 4 fully saturated rings. The van der Waals surface area contributed by atoms with E-state index < -0.39 is 29.1 Å². The third-order valence-corrected chi connectivity index (χ3v) is 10.2. The fourth-order valence-corrected chi connectivity index (χ4v) is 7.97. The molecular weight excluding hydrogens is 560 g/mol. The summed E-state index contributed by atoms with van der Waals surface area (Å²) in [5, 5.41) is 9.72. The van der Waals surface area contributed by atoms with Gasteiger partial charge in [0.2, 0.25) is 17.7 Å². The third kappa shape index (κ3) is 5.73. The molecule has 5 rings (SSSR count). The molecule has 4 aliphatic heterocycles. The second kappa shape index (κ2) is 13.5. The fraction of sp³-hybridized carbons (Fsp3) is 0.618. The molecule has 6 atom stereocenters. The first-order valence-corrected chi connectivity index (χ1v) is 16.0. The molecule has 0 aromatic heterocycles. The van der Waals surface area contributed by atoms with Crippen molar-refractivity contribution in [2.24, 2.45) is 17.8 Å². The van der Waals surface area contributed by atoms with Crippen LogP contribution in [0.1, 0.15) is 32.3 Å². The first-order valence-electron chi connectivity index (χ1n) is 16.0. The number of hydrogen-bond donors (Lipinski definition) is 1. The lowest BCUT2D eigenvalue weighted by Gasteiger charge is -2.39. The zero-order valence-electron chi connectivity index (χ0n) is 26.2. The van der Waals surface area contributed by atoms with Gasteiger partial charge in [0.15, 0.2) is 0 Å². The Balaban J connectivity index is 1.49. The van der Waals surface area contributed by atoms with Crippen molar-refractivity contribution in [2.45, 2.75) is 50.5 Å². The van der Waals surface area contributed by atoms with Crippen molar-refractivity contribution in [3.05, 3.63) is 61.2 Å². The largest absolute Gasteiger partial charge is 0.396 e. The van der Waals surface area contributed by atoms with Crippen LogP contribution >= 0.6 is 0 Å². The lowest BCUT2D eigenvalue weighted by Crippen LogP contribution is -2.57. The van der Waals surface area contributed by atoms with Crippen molar-refractivity contribution in [2.75, 3.05) is 65.6 Å². The van der Waals surface area contributed by atoms with Gasteiger partial charge in [-0.25, -0.2) is 0 Å². The number of carbonyl (C=O) groups excluding carboxylic acids is 3. The maximum absolute atomic E-state index is 14.6. The molecule has 1 N–H and O–H groups in total. The summed E-state index contributed by atoms with van der Waals surface area (Å²) in [6.45, 7) is 17.0. The minimum Gasteiger partial charge on any atom is -0.396 e. The molecule has 3 amide bonds. The first-order chi connectivity index (χ1) is 21.2. The highest BCUT2D eigenvalue weighted by Crippen LogP contribution is 2.65. The van der Waals surface area contributed by atoms with Gasteiger partial charge in [0.25, 0.3) is 0 Å². The van der Waals surface area contributed by atoms with Crippen molar-refractivity contribution >= 4 is 17.7 Å². The number of aliphatic hydroxyl groups excluding tert-OH is 1. The summed E-state index contributed by atoms with van der Waals surface area (Å²) in [6, 6.07) is 8.88. The summed E-state index contributed by atoms with van der Waals surface area (Å²) >= 11 is 0. The fourth-order valence-electron chi connectivity index (χ4n) is 7.97. The lowest BCUT2D eigenvalue weighted by molar-refractivity contribution is -0.155. The van der Waals surface area contributed by atoms with Gasteiger partial charge in [-0.05, 0) is 31.2 Å². The SMILES string of the molecule is C=CCN(CCN1CCOCC1)C(=O)C1N(CCCO)C(=O)[C@@H]2[C@@H](C(=O)N(CC=C)Cc3ccccc3)[C@]3(C)OC12CC3C. The van der Waals surface area contributed by atoms with Crippen LogP contribution in [0.4, 0.5) is 0 Å². The van der Waals surface area contributed by atoms with Crippen LogP contribution in [-0.4, -0.2) is 125 Å². The highest BCUT2D eigenvalue weighted by atomic mass is 16.5. The highest BCUT2D eigenvalue weighted by Gasteiger charge is 2.80. The van der Waals surface area contributed by atoms with Gasteiger partial charge in [-0.1, -0.05) is 49.4 Å². The lowest BCUT2D eigenvalue weighted by atomic mass is 9.62. The van der Waals surface area contributed by atoms with Gasteiger partial charge < -0.3 is 29.3 Å². The van der Waals surface area contributed by atoms with Crippen molar-refractivity contribution < 1.29 is 29.0 Å². The van der Waals surface area contributed by atoms with Gasteiger partial charge in [0.05, 0.1) is 30.7 Å². The Morgan fingerprint density at radius 3 is 2.41 bits per heavy atom. The van der Waals surface area contributed by atoms with Gasteiger partial charge in [-0.15, -0.1) is 13.2 Å². The quantitative estimate of drug-likeness (QED) is 0.322. The summed E-state index contributed by atoms with van der Waals surface area (Å²) in [5.41, 5.74) is -1.06. The molecule has 4 aliphatic rings. The number of nitrogens with zero attached hydrogens (tertiary/aromatic N) is 4.